The van der Waals surface area contributed by atoms with E-state index in [2.05, 4.69) is 0 Å². The number of hydrogen-bond donors (Lipinski definition) is 1. The molecule has 17 heteroatoms. The number of imide groups is 2. The van der Waals surface area contributed by atoms with Gasteiger partial charge in [0, 0.05) is 5.92 Å². The van der Waals surface area contributed by atoms with Crippen LogP contribution in [0.1, 0.15) is 36.5 Å². The molecule has 9 nitrogen and oxygen atoms in total. The van der Waals surface area contributed by atoms with Crippen LogP contribution in [-0.4, -0.2) is 43.0 Å². The molecule has 4 amide bonds. The van der Waals surface area contributed by atoms with Gasteiger partial charge in [0.25, 0.3) is 0 Å². The van der Waals surface area contributed by atoms with Gasteiger partial charge < -0.3 is 14.6 Å². The molecule has 3 aromatic carbocycles. The smallest absolute Gasteiger partial charge is 0.416 e. The molecule has 56 heavy (non-hydrogen) atoms. The van der Waals surface area contributed by atoms with Crippen molar-refractivity contribution < 1.29 is 64.5 Å². The summed E-state index contributed by atoms with van der Waals surface area (Å²) in [6.07, 6.45) is -6.07. The molecule has 0 aromatic heterocycles. The van der Waals surface area contributed by atoms with E-state index in [9.17, 15) is 55.0 Å². The Bertz CT molecular complexity index is 2210. The van der Waals surface area contributed by atoms with Crippen molar-refractivity contribution in [1.82, 2.24) is 0 Å². The van der Waals surface area contributed by atoms with Crippen molar-refractivity contribution >= 4 is 52.7 Å². The Hall–Kier alpha value is -5.38. The number of fused-ring (bicyclic) bond motifs is 4. The number of rotatable bonds is 6. The van der Waals surface area contributed by atoms with Gasteiger partial charge in [-0.3, -0.25) is 19.2 Å². The van der Waals surface area contributed by atoms with E-state index >= 15 is 0 Å². The van der Waals surface area contributed by atoms with Crippen LogP contribution in [0, 0.1) is 40.8 Å². The highest BCUT2D eigenvalue weighted by Crippen LogP contribution is 2.61. The first-order valence-corrected chi connectivity index (χ1v) is 17.4. The molecule has 0 unspecified atom stereocenters. The Morgan fingerprint density at radius 3 is 1.98 bits per heavy atom. The number of hydrogen-bond acceptors (Lipinski definition) is 7. The summed E-state index contributed by atoms with van der Waals surface area (Å²) in [5.74, 6) is -10.2. The SMILES string of the molecule is COc1cc(C=C[C@H]2C3=CC[C@@H]4C(=O)N(c5cc(C(F)(F)F)cc(C(F)(F)F)c5)C(=O)[C@@H]4[C@@H]3C[C@H]3C(=O)N(c4ccc(F)c(Cl)c4)C(=O)[C@@]23C)cc(OC)c1O. The average molecular weight is 807 g/mol. The van der Waals surface area contributed by atoms with Crippen molar-refractivity contribution in [1.29, 1.82) is 0 Å². The van der Waals surface area contributed by atoms with E-state index in [1.54, 1.807) is 25.2 Å². The summed E-state index contributed by atoms with van der Waals surface area (Å²) < 4.78 is 108. The lowest BCUT2D eigenvalue weighted by Gasteiger charge is -2.47. The van der Waals surface area contributed by atoms with Gasteiger partial charge in [-0.15, -0.1) is 0 Å². The summed E-state index contributed by atoms with van der Waals surface area (Å²) in [5.41, 5.74) is -5.07. The third-order valence-corrected chi connectivity index (χ3v) is 11.6. The topological polar surface area (TPSA) is 113 Å². The maximum Gasteiger partial charge on any atom is 0.416 e. The molecule has 0 bridgehead atoms. The van der Waals surface area contributed by atoms with Gasteiger partial charge >= 0.3 is 12.4 Å². The van der Waals surface area contributed by atoms with Crippen LogP contribution in [-0.2, 0) is 31.5 Å². The van der Waals surface area contributed by atoms with Gasteiger partial charge in [-0.25, -0.2) is 14.2 Å². The molecule has 3 aromatic rings. The summed E-state index contributed by atoms with van der Waals surface area (Å²) in [6.45, 7) is 1.55. The number of amides is 4. The lowest BCUT2D eigenvalue weighted by Crippen LogP contribution is -2.49. The number of anilines is 2. The van der Waals surface area contributed by atoms with Crippen LogP contribution >= 0.6 is 11.6 Å². The van der Waals surface area contributed by atoms with Gasteiger partial charge in [-0.05, 0) is 79.8 Å². The largest absolute Gasteiger partial charge is 0.502 e. The Morgan fingerprint density at radius 1 is 0.821 bits per heavy atom. The molecule has 2 saturated heterocycles. The quantitative estimate of drug-likeness (QED) is 0.152. The standard InChI is InChI=1S/C39H30ClF7N2O7/c1-37-25(8-4-17-10-29(55-2)32(50)30(11-17)56-3)22-6-7-23-31(24(22)16-26(37)34(52)49(36(37)54)20-5-9-28(41)27(40)15-20)35(53)48(33(23)51)21-13-18(38(42,43)44)12-19(14-21)39(45,46)47/h4-6,8-15,23-26,31,50H,7,16H2,1-3H3/t23-,24+,25-,26-,31-,37-/m0/s1. The van der Waals surface area contributed by atoms with E-state index in [1.807, 2.05) is 0 Å². The molecule has 0 radical (unpaired) electrons. The number of alkyl halides is 6. The van der Waals surface area contributed by atoms with Crippen molar-refractivity contribution in [2.45, 2.75) is 32.1 Å². The van der Waals surface area contributed by atoms with Gasteiger partial charge in [0.1, 0.15) is 5.82 Å². The summed E-state index contributed by atoms with van der Waals surface area (Å²) in [5, 5.41) is 10.1. The van der Waals surface area contributed by atoms with E-state index < -0.39 is 93.6 Å². The van der Waals surface area contributed by atoms with Crippen molar-refractivity contribution in [3.05, 3.63) is 93.8 Å². The van der Waals surface area contributed by atoms with Crippen molar-refractivity contribution in [3.63, 3.8) is 0 Å². The van der Waals surface area contributed by atoms with Crippen molar-refractivity contribution in [2.75, 3.05) is 24.0 Å². The van der Waals surface area contributed by atoms with Gasteiger partial charge in [0.15, 0.2) is 11.5 Å². The Labute approximate surface area is 318 Å². The third kappa shape index (κ3) is 5.99. The van der Waals surface area contributed by atoms with Gasteiger partial charge in [0.05, 0.1) is 64.9 Å². The fourth-order valence-corrected chi connectivity index (χ4v) is 8.80. The number of benzene rings is 3. The number of aromatic hydroxyl groups is 1. The predicted molar refractivity (Wildman–Crippen MR) is 186 cm³/mol. The Morgan fingerprint density at radius 2 is 1.43 bits per heavy atom. The molecule has 0 spiro atoms. The number of nitrogens with zero attached hydrogens (tertiary/aromatic N) is 2. The molecule has 1 N–H and O–H groups in total. The zero-order chi connectivity index (χ0) is 40.8. The van der Waals surface area contributed by atoms with E-state index in [1.165, 1.54) is 32.4 Å². The number of halogens is 8. The number of phenolic OH excluding ortho intramolecular Hbond substituents is 1. The minimum Gasteiger partial charge on any atom is -0.502 e. The number of carbonyl (C=O) groups is 4. The summed E-state index contributed by atoms with van der Waals surface area (Å²) in [7, 11) is 2.63. The first kappa shape index (κ1) is 38.9. The molecule has 4 aliphatic rings. The number of ether oxygens (including phenoxy) is 2. The highest BCUT2D eigenvalue weighted by Gasteiger charge is 2.67. The minimum absolute atomic E-state index is 0.0316. The van der Waals surface area contributed by atoms with Gasteiger partial charge in [0.2, 0.25) is 29.4 Å². The second-order valence-corrected chi connectivity index (χ2v) is 14.6. The maximum absolute atomic E-state index is 14.5. The molecule has 294 valence electrons. The van der Waals surface area contributed by atoms with Gasteiger partial charge in [-0.2, -0.15) is 26.3 Å². The molecule has 6 atom stereocenters. The second kappa shape index (κ2) is 13.4. The monoisotopic (exact) mass is 806 g/mol. The molecule has 2 aliphatic heterocycles. The van der Waals surface area contributed by atoms with E-state index in [0.717, 1.165) is 17.0 Å². The van der Waals surface area contributed by atoms with Crippen LogP contribution in [0.4, 0.5) is 42.1 Å². The maximum atomic E-state index is 14.5. The van der Waals surface area contributed by atoms with Crippen LogP contribution in [0.25, 0.3) is 6.08 Å². The molecule has 7 rings (SSSR count). The summed E-state index contributed by atoms with van der Waals surface area (Å²) in [4.78, 5) is 58.2. The molecule has 3 fully saturated rings. The molecule has 1 saturated carbocycles. The lowest BCUT2D eigenvalue weighted by molar-refractivity contribution is -0.143. The van der Waals surface area contributed by atoms with E-state index in [0.29, 0.717) is 28.2 Å². The molecular formula is C39H30ClF7N2O7. The fourth-order valence-electron chi connectivity index (χ4n) is 8.63. The number of methoxy groups -OCH3 is 2. The minimum atomic E-state index is -5.25. The number of allylic oxidation sites excluding steroid dienone is 3. The third-order valence-electron chi connectivity index (χ3n) is 11.3. The molecular weight excluding hydrogens is 777 g/mol. The molecule has 2 aliphatic carbocycles. The second-order valence-electron chi connectivity index (χ2n) is 14.2. The predicted octanol–water partition coefficient (Wildman–Crippen LogP) is 8.22. The first-order chi connectivity index (χ1) is 26.2. The van der Waals surface area contributed by atoms with Crippen molar-refractivity contribution in [3.8, 4) is 17.2 Å². The fraction of sp³-hybridized carbons (Fsp3) is 0.333. The van der Waals surface area contributed by atoms with Crippen LogP contribution in [0.5, 0.6) is 17.2 Å². The zero-order valence-electron chi connectivity index (χ0n) is 29.5. The zero-order valence-corrected chi connectivity index (χ0v) is 30.2. The average Bonchev–Trinajstić information content (AvgIpc) is 3.51. The summed E-state index contributed by atoms with van der Waals surface area (Å²) >= 11 is 6.02. The highest BCUT2D eigenvalue weighted by atomic mass is 35.5. The van der Waals surface area contributed by atoms with Crippen LogP contribution in [0.2, 0.25) is 5.02 Å². The van der Waals surface area contributed by atoms with Crippen LogP contribution < -0.4 is 19.3 Å². The Balaban J connectivity index is 1.35. The molecule has 2 heterocycles. The van der Waals surface area contributed by atoms with E-state index in [4.69, 9.17) is 21.1 Å². The Kier molecular flexibility index (Phi) is 9.29. The van der Waals surface area contributed by atoms with Crippen LogP contribution in [0.3, 0.4) is 0 Å². The van der Waals surface area contributed by atoms with E-state index in [-0.39, 0.29) is 46.9 Å². The number of phenols is 1. The van der Waals surface area contributed by atoms with Gasteiger partial charge in [-0.1, -0.05) is 35.4 Å². The normalized spacial score (nSPS) is 26.4. The number of carbonyl (C=O) groups excluding carboxylic acids is 4. The van der Waals surface area contributed by atoms with Crippen LogP contribution in [0.15, 0.2) is 66.3 Å². The summed E-state index contributed by atoms with van der Waals surface area (Å²) in [6, 6.07) is 6.73. The highest BCUT2D eigenvalue weighted by molar-refractivity contribution is 6.31. The van der Waals surface area contributed by atoms with Crippen molar-refractivity contribution in [2.24, 2.45) is 35.0 Å². The lowest BCUT2D eigenvalue weighted by atomic mass is 9.52. The first-order valence-electron chi connectivity index (χ1n) is 17.1.